The van der Waals surface area contributed by atoms with Gasteiger partial charge in [-0.3, -0.25) is 14.8 Å². The van der Waals surface area contributed by atoms with Crippen LogP contribution in [0.15, 0.2) is 55.0 Å². The maximum atomic E-state index is 12.2. The van der Waals surface area contributed by atoms with Gasteiger partial charge in [0.25, 0.3) is 5.91 Å². The summed E-state index contributed by atoms with van der Waals surface area (Å²) in [7, 11) is 0. The largest absolute Gasteiger partial charge is 0.355 e. The van der Waals surface area contributed by atoms with Crippen molar-refractivity contribution in [3.05, 3.63) is 60.6 Å². The van der Waals surface area contributed by atoms with E-state index < -0.39 is 0 Å². The quantitative estimate of drug-likeness (QED) is 0.797. The molecular formula is C19H19N5O. The maximum absolute atomic E-state index is 12.2. The summed E-state index contributed by atoms with van der Waals surface area (Å²) in [5, 5.41) is 3.11. The van der Waals surface area contributed by atoms with Crippen molar-refractivity contribution in [1.82, 2.24) is 20.3 Å². The smallest absolute Gasteiger partial charge is 0.251 e. The Hall–Kier alpha value is -3.02. The van der Waals surface area contributed by atoms with E-state index in [9.17, 15) is 4.79 Å². The second-order valence-electron chi connectivity index (χ2n) is 6.19. The Morgan fingerprint density at radius 2 is 1.76 bits per heavy atom. The van der Waals surface area contributed by atoms with Gasteiger partial charge < -0.3 is 10.2 Å². The fourth-order valence-electron chi connectivity index (χ4n) is 3.12. The van der Waals surface area contributed by atoms with Gasteiger partial charge >= 0.3 is 0 Å². The van der Waals surface area contributed by atoms with Crippen LogP contribution in [0.3, 0.4) is 0 Å². The van der Waals surface area contributed by atoms with Gasteiger partial charge in [-0.1, -0.05) is 12.1 Å². The number of carbonyl (C=O) groups is 1. The van der Waals surface area contributed by atoms with Crippen molar-refractivity contribution >= 4 is 22.8 Å². The third-order valence-electron chi connectivity index (χ3n) is 4.53. The zero-order chi connectivity index (χ0) is 17.1. The average molecular weight is 333 g/mol. The van der Waals surface area contributed by atoms with E-state index in [1.165, 1.54) is 0 Å². The van der Waals surface area contributed by atoms with Crippen LogP contribution < -0.4 is 10.2 Å². The van der Waals surface area contributed by atoms with Gasteiger partial charge in [0, 0.05) is 37.1 Å². The Bertz CT molecular complexity index is 875. The molecule has 0 aliphatic carbocycles. The Balaban J connectivity index is 1.38. The predicted molar refractivity (Wildman–Crippen MR) is 96.5 cm³/mol. The fourth-order valence-corrected chi connectivity index (χ4v) is 3.12. The third-order valence-corrected chi connectivity index (χ3v) is 4.53. The average Bonchev–Trinajstić information content (AvgIpc) is 2.69. The third kappa shape index (κ3) is 3.42. The van der Waals surface area contributed by atoms with Crippen LogP contribution in [0, 0.1) is 0 Å². The van der Waals surface area contributed by atoms with Crippen molar-refractivity contribution in [2.24, 2.45) is 0 Å². The topological polar surface area (TPSA) is 71.0 Å². The number of pyridine rings is 1. The number of aromatic nitrogens is 3. The minimum atomic E-state index is -0.0358. The van der Waals surface area contributed by atoms with Crippen molar-refractivity contribution in [3.63, 3.8) is 0 Å². The van der Waals surface area contributed by atoms with Crippen molar-refractivity contribution in [2.45, 2.75) is 18.9 Å². The Kier molecular flexibility index (Phi) is 4.24. The molecule has 126 valence electrons. The normalized spacial score (nSPS) is 15.3. The van der Waals surface area contributed by atoms with Crippen LogP contribution in [0.25, 0.3) is 11.0 Å². The second-order valence-corrected chi connectivity index (χ2v) is 6.19. The lowest BCUT2D eigenvalue weighted by Crippen LogP contribution is -2.45. The molecule has 3 aromatic rings. The summed E-state index contributed by atoms with van der Waals surface area (Å²) >= 11 is 0. The van der Waals surface area contributed by atoms with E-state index in [1.807, 2.05) is 30.5 Å². The molecule has 6 heteroatoms. The van der Waals surface area contributed by atoms with E-state index in [1.54, 1.807) is 24.5 Å². The molecule has 1 aromatic carbocycles. The van der Waals surface area contributed by atoms with E-state index in [-0.39, 0.29) is 11.9 Å². The molecule has 1 N–H and O–H groups in total. The van der Waals surface area contributed by atoms with Crippen LogP contribution in [0.4, 0.5) is 5.82 Å². The number of para-hydroxylation sites is 2. The van der Waals surface area contributed by atoms with Crippen LogP contribution in [0.1, 0.15) is 23.2 Å². The van der Waals surface area contributed by atoms with Gasteiger partial charge in [0.1, 0.15) is 5.82 Å². The van der Waals surface area contributed by atoms with Gasteiger partial charge in [-0.05, 0) is 37.1 Å². The number of rotatable bonds is 3. The Morgan fingerprint density at radius 1 is 1.04 bits per heavy atom. The molecule has 25 heavy (non-hydrogen) atoms. The Labute approximate surface area is 145 Å². The standard InChI is InChI=1S/C19H19N5O/c25-19(14-5-9-20-10-6-14)22-15-7-11-24(12-8-15)18-13-21-16-3-1-2-4-17(16)23-18/h1-6,9-10,13,15H,7-8,11-12H2,(H,22,25). The maximum Gasteiger partial charge on any atom is 0.251 e. The monoisotopic (exact) mass is 333 g/mol. The number of piperidine rings is 1. The van der Waals surface area contributed by atoms with Crippen LogP contribution in [-0.4, -0.2) is 40.0 Å². The highest BCUT2D eigenvalue weighted by molar-refractivity contribution is 5.94. The Morgan fingerprint density at radius 3 is 2.52 bits per heavy atom. The van der Waals surface area contributed by atoms with Gasteiger partial charge in [-0.2, -0.15) is 0 Å². The summed E-state index contributed by atoms with van der Waals surface area (Å²) in [4.78, 5) is 27.6. The van der Waals surface area contributed by atoms with Gasteiger partial charge in [0.05, 0.1) is 17.2 Å². The molecule has 0 spiro atoms. The summed E-state index contributed by atoms with van der Waals surface area (Å²) in [6, 6.07) is 11.5. The molecule has 2 aromatic heterocycles. The highest BCUT2D eigenvalue weighted by Gasteiger charge is 2.22. The molecular weight excluding hydrogens is 314 g/mol. The van der Waals surface area contributed by atoms with Crippen LogP contribution in [0.2, 0.25) is 0 Å². The van der Waals surface area contributed by atoms with E-state index in [0.717, 1.165) is 42.8 Å². The highest BCUT2D eigenvalue weighted by Crippen LogP contribution is 2.20. The zero-order valence-corrected chi connectivity index (χ0v) is 13.8. The minimum absolute atomic E-state index is 0.0358. The molecule has 0 bridgehead atoms. The van der Waals surface area contributed by atoms with Gasteiger partial charge in [-0.25, -0.2) is 4.98 Å². The van der Waals surface area contributed by atoms with Gasteiger partial charge in [-0.15, -0.1) is 0 Å². The first kappa shape index (κ1) is 15.5. The summed E-state index contributed by atoms with van der Waals surface area (Å²) in [5.41, 5.74) is 2.47. The summed E-state index contributed by atoms with van der Waals surface area (Å²) < 4.78 is 0. The van der Waals surface area contributed by atoms with E-state index in [4.69, 9.17) is 4.98 Å². The van der Waals surface area contributed by atoms with Crippen LogP contribution in [-0.2, 0) is 0 Å². The predicted octanol–water partition coefficient (Wildman–Crippen LogP) is 2.42. The number of hydrogen-bond donors (Lipinski definition) is 1. The van der Waals surface area contributed by atoms with Gasteiger partial charge in [0.15, 0.2) is 0 Å². The van der Waals surface area contributed by atoms with Crippen molar-refractivity contribution in [3.8, 4) is 0 Å². The molecule has 6 nitrogen and oxygen atoms in total. The summed E-state index contributed by atoms with van der Waals surface area (Å²) in [6.45, 7) is 1.71. The molecule has 4 rings (SSSR count). The number of anilines is 1. The molecule has 0 unspecified atom stereocenters. The number of nitrogens with one attached hydrogen (secondary N) is 1. The van der Waals surface area contributed by atoms with E-state index >= 15 is 0 Å². The lowest BCUT2D eigenvalue weighted by Gasteiger charge is -2.33. The van der Waals surface area contributed by atoms with Gasteiger partial charge in [0.2, 0.25) is 0 Å². The van der Waals surface area contributed by atoms with Crippen LogP contribution in [0.5, 0.6) is 0 Å². The summed E-state index contributed by atoms with van der Waals surface area (Å²) in [6.07, 6.45) is 6.89. The molecule has 1 aliphatic rings. The number of nitrogens with zero attached hydrogens (tertiary/aromatic N) is 4. The highest BCUT2D eigenvalue weighted by atomic mass is 16.1. The number of amides is 1. The first-order chi connectivity index (χ1) is 12.3. The summed E-state index contributed by atoms with van der Waals surface area (Å²) in [5.74, 6) is 0.865. The first-order valence-electron chi connectivity index (χ1n) is 8.47. The van der Waals surface area contributed by atoms with Crippen molar-refractivity contribution in [2.75, 3.05) is 18.0 Å². The van der Waals surface area contributed by atoms with Crippen LogP contribution >= 0.6 is 0 Å². The SMILES string of the molecule is O=C(NC1CCN(c2cnc3ccccc3n2)CC1)c1ccncc1. The number of hydrogen-bond acceptors (Lipinski definition) is 5. The minimum Gasteiger partial charge on any atom is -0.355 e. The number of fused-ring (bicyclic) bond motifs is 1. The second kappa shape index (κ2) is 6.84. The molecule has 3 heterocycles. The molecule has 1 fully saturated rings. The number of carbonyl (C=O) groups excluding carboxylic acids is 1. The lowest BCUT2D eigenvalue weighted by molar-refractivity contribution is 0.0931. The molecule has 1 aliphatic heterocycles. The van der Waals surface area contributed by atoms with Crippen molar-refractivity contribution in [1.29, 1.82) is 0 Å². The lowest BCUT2D eigenvalue weighted by atomic mass is 10.0. The molecule has 1 saturated heterocycles. The van der Waals surface area contributed by atoms with E-state index in [2.05, 4.69) is 20.2 Å². The molecule has 0 atom stereocenters. The molecule has 0 saturated carbocycles. The molecule has 1 amide bonds. The molecule has 0 radical (unpaired) electrons. The van der Waals surface area contributed by atoms with Crippen molar-refractivity contribution < 1.29 is 4.79 Å². The fraction of sp³-hybridized carbons (Fsp3) is 0.263. The zero-order valence-electron chi connectivity index (χ0n) is 13.8. The first-order valence-corrected chi connectivity index (χ1v) is 8.47. The van der Waals surface area contributed by atoms with E-state index in [0.29, 0.717) is 5.56 Å². The number of benzene rings is 1.